The van der Waals surface area contributed by atoms with Crippen LogP contribution in [-0.4, -0.2) is 29.7 Å². The highest BCUT2D eigenvalue weighted by atomic mass is 16.5. The topological polar surface area (TPSA) is 69.7 Å². The zero-order chi connectivity index (χ0) is 23.8. The average Bonchev–Trinajstić information content (AvgIpc) is 2.75. The minimum Gasteiger partial charge on any atom is -0.491 e. The molecular formula is C27H32N2O4. The molecule has 0 saturated carbocycles. The van der Waals surface area contributed by atoms with Crippen LogP contribution in [0.1, 0.15) is 49.4 Å². The van der Waals surface area contributed by atoms with E-state index in [4.69, 9.17) is 14.2 Å². The third-order valence-corrected chi connectivity index (χ3v) is 4.86. The standard InChI is InChI=1S/C27H32N2O4/c1-6-31-19(4)16-22-10-15-26(20(5)28-22)27(30)29-21-8-7-9-25(17-21)33-24-13-11-23(12-14-24)32-18(2)3/h7-15,17-19H,6,16H2,1-5H3,(H,29,30). The Kier molecular flexibility index (Phi) is 8.44. The van der Waals surface area contributed by atoms with E-state index in [0.29, 0.717) is 41.5 Å². The first-order valence-electron chi connectivity index (χ1n) is 11.3. The third-order valence-electron chi connectivity index (χ3n) is 4.86. The largest absolute Gasteiger partial charge is 0.491 e. The molecule has 6 heteroatoms. The van der Waals surface area contributed by atoms with Crippen LogP contribution in [0.3, 0.4) is 0 Å². The molecule has 0 fully saturated rings. The van der Waals surface area contributed by atoms with Gasteiger partial charge < -0.3 is 19.5 Å². The minimum absolute atomic E-state index is 0.0863. The van der Waals surface area contributed by atoms with Crippen molar-refractivity contribution in [2.24, 2.45) is 0 Å². The summed E-state index contributed by atoms with van der Waals surface area (Å²) in [5, 5.41) is 2.93. The summed E-state index contributed by atoms with van der Waals surface area (Å²) in [6.07, 6.45) is 0.912. The van der Waals surface area contributed by atoms with E-state index in [2.05, 4.69) is 10.3 Å². The fourth-order valence-electron chi connectivity index (χ4n) is 3.43. The highest BCUT2D eigenvalue weighted by Gasteiger charge is 2.13. The van der Waals surface area contributed by atoms with Gasteiger partial charge in [0.1, 0.15) is 17.2 Å². The summed E-state index contributed by atoms with van der Waals surface area (Å²) in [7, 11) is 0. The number of carbonyl (C=O) groups is 1. The molecule has 1 amide bonds. The van der Waals surface area contributed by atoms with Gasteiger partial charge in [-0.25, -0.2) is 0 Å². The van der Waals surface area contributed by atoms with Gasteiger partial charge >= 0.3 is 0 Å². The Morgan fingerprint density at radius 2 is 1.70 bits per heavy atom. The van der Waals surface area contributed by atoms with Crippen molar-refractivity contribution in [2.75, 3.05) is 11.9 Å². The van der Waals surface area contributed by atoms with Gasteiger partial charge in [-0.2, -0.15) is 0 Å². The molecule has 1 N–H and O–H groups in total. The number of hydrogen-bond acceptors (Lipinski definition) is 5. The smallest absolute Gasteiger partial charge is 0.257 e. The second-order valence-electron chi connectivity index (χ2n) is 8.13. The third kappa shape index (κ3) is 7.32. The number of hydrogen-bond donors (Lipinski definition) is 1. The van der Waals surface area contributed by atoms with Crippen molar-refractivity contribution in [3.8, 4) is 17.2 Å². The molecule has 33 heavy (non-hydrogen) atoms. The first-order chi connectivity index (χ1) is 15.8. The summed E-state index contributed by atoms with van der Waals surface area (Å²) >= 11 is 0. The van der Waals surface area contributed by atoms with E-state index in [-0.39, 0.29) is 18.1 Å². The van der Waals surface area contributed by atoms with Gasteiger partial charge in [-0.15, -0.1) is 0 Å². The molecule has 0 radical (unpaired) electrons. The minimum atomic E-state index is -0.211. The van der Waals surface area contributed by atoms with Crippen LogP contribution in [0.15, 0.2) is 60.7 Å². The lowest BCUT2D eigenvalue weighted by Gasteiger charge is -2.13. The number of amides is 1. The van der Waals surface area contributed by atoms with Gasteiger partial charge in [0.2, 0.25) is 0 Å². The van der Waals surface area contributed by atoms with Crippen molar-refractivity contribution < 1.29 is 19.0 Å². The lowest BCUT2D eigenvalue weighted by Crippen LogP contribution is -2.16. The normalized spacial score (nSPS) is 11.8. The summed E-state index contributed by atoms with van der Waals surface area (Å²) in [6, 6.07) is 18.4. The molecule has 2 aromatic carbocycles. The Morgan fingerprint density at radius 1 is 0.970 bits per heavy atom. The molecule has 1 heterocycles. The molecule has 0 spiro atoms. The molecule has 6 nitrogen and oxygen atoms in total. The quantitative estimate of drug-likeness (QED) is 0.400. The van der Waals surface area contributed by atoms with Gasteiger partial charge in [-0.1, -0.05) is 6.07 Å². The first kappa shape index (κ1) is 24.3. The van der Waals surface area contributed by atoms with Crippen molar-refractivity contribution in [1.29, 1.82) is 0 Å². The monoisotopic (exact) mass is 448 g/mol. The molecule has 174 valence electrons. The Morgan fingerprint density at radius 3 is 2.36 bits per heavy atom. The molecule has 0 bridgehead atoms. The SMILES string of the molecule is CCOC(C)Cc1ccc(C(=O)Nc2cccc(Oc3ccc(OC(C)C)cc3)c2)c(C)n1. The zero-order valence-electron chi connectivity index (χ0n) is 19.9. The van der Waals surface area contributed by atoms with Crippen LogP contribution in [0.5, 0.6) is 17.2 Å². The second-order valence-corrected chi connectivity index (χ2v) is 8.13. The number of anilines is 1. The van der Waals surface area contributed by atoms with Crippen molar-refractivity contribution >= 4 is 11.6 Å². The van der Waals surface area contributed by atoms with E-state index < -0.39 is 0 Å². The van der Waals surface area contributed by atoms with Crippen LogP contribution < -0.4 is 14.8 Å². The number of carbonyl (C=O) groups excluding carboxylic acids is 1. The van der Waals surface area contributed by atoms with Crippen LogP contribution in [-0.2, 0) is 11.2 Å². The molecular weight excluding hydrogens is 416 g/mol. The van der Waals surface area contributed by atoms with Gasteiger partial charge in [0.25, 0.3) is 5.91 Å². The van der Waals surface area contributed by atoms with Gasteiger partial charge in [-0.05, 0) is 83.1 Å². The van der Waals surface area contributed by atoms with Crippen LogP contribution in [0.25, 0.3) is 0 Å². The van der Waals surface area contributed by atoms with Crippen molar-refractivity contribution in [3.05, 3.63) is 77.6 Å². The van der Waals surface area contributed by atoms with Crippen LogP contribution in [0.2, 0.25) is 0 Å². The number of nitrogens with one attached hydrogen (secondary N) is 1. The number of aryl methyl sites for hydroxylation is 1. The summed E-state index contributed by atoms with van der Waals surface area (Å²) in [5.41, 5.74) is 2.77. The Balaban J connectivity index is 1.64. The zero-order valence-corrected chi connectivity index (χ0v) is 19.9. The van der Waals surface area contributed by atoms with Gasteiger partial charge in [0.05, 0.1) is 23.5 Å². The maximum Gasteiger partial charge on any atom is 0.257 e. The predicted octanol–water partition coefficient (Wildman–Crippen LogP) is 6.19. The molecule has 0 aliphatic heterocycles. The highest BCUT2D eigenvalue weighted by molar-refractivity contribution is 6.05. The number of benzene rings is 2. The number of pyridine rings is 1. The first-order valence-corrected chi connectivity index (χ1v) is 11.3. The average molecular weight is 449 g/mol. The lowest BCUT2D eigenvalue weighted by atomic mass is 10.1. The highest BCUT2D eigenvalue weighted by Crippen LogP contribution is 2.26. The summed E-state index contributed by atoms with van der Waals surface area (Å²) in [4.78, 5) is 17.4. The van der Waals surface area contributed by atoms with Crippen LogP contribution in [0.4, 0.5) is 5.69 Å². The van der Waals surface area contributed by atoms with Gasteiger partial charge in [-0.3, -0.25) is 9.78 Å². The van der Waals surface area contributed by atoms with E-state index in [1.165, 1.54) is 0 Å². The molecule has 3 rings (SSSR count). The summed E-state index contributed by atoms with van der Waals surface area (Å²) in [5.74, 6) is 1.89. The molecule has 1 unspecified atom stereocenters. The Hall–Kier alpha value is -3.38. The van der Waals surface area contributed by atoms with Gasteiger partial charge in [0.15, 0.2) is 0 Å². The number of nitrogens with zero attached hydrogens (tertiary/aromatic N) is 1. The molecule has 0 saturated heterocycles. The van der Waals surface area contributed by atoms with E-state index in [1.54, 1.807) is 6.07 Å². The van der Waals surface area contributed by atoms with Crippen molar-refractivity contribution in [2.45, 2.75) is 53.2 Å². The molecule has 1 aromatic heterocycles. The fourth-order valence-corrected chi connectivity index (χ4v) is 3.43. The maximum absolute atomic E-state index is 12.8. The molecule has 0 aliphatic rings. The fraction of sp³-hybridized carbons (Fsp3) is 0.333. The summed E-state index contributed by atoms with van der Waals surface area (Å²) < 4.78 is 17.2. The Labute approximate surface area is 195 Å². The van der Waals surface area contributed by atoms with E-state index in [1.807, 2.05) is 89.2 Å². The lowest BCUT2D eigenvalue weighted by molar-refractivity contribution is 0.0761. The summed E-state index contributed by atoms with van der Waals surface area (Å²) in [6.45, 7) is 10.5. The van der Waals surface area contributed by atoms with Crippen LogP contribution >= 0.6 is 0 Å². The predicted molar refractivity (Wildman–Crippen MR) is 130 cm³/mol. The molecule has 1 atom stereocenters. The molecule has 0 aliphatic carbocycles. The van der Waals surface area contributed by atoms with Crippen molar-refractivity contribution in [1.82, 2.24) is 4.98 Å². The number of rotatable bonds is 10. The van der Waals surface area contributed by atoms with Crippen LogP contribution in [0, 0.1) is 6.92 Å². The number of ether oxygens (including phenoxy) is 3. The van der Waals surface area contributed by atoms with E-state index in [0.717, 1.165) is 11.4 Å². The van der Waals surface area contributed by atoms with Gasteiger partial charge in [0, 0.05) is 30.5 Å². The Bertz CT molecular complexity index is 1060. The molecule has 3 aromatic rings. The number of aromatic nitrogens is 1. The van der Waals surface area contributed by atoms with Crippen molar-refractivity contribution in [3.63, 3.8) is 0 Å². The maximum atomic E-state index is 12.8. The second kappa shape index (κ2) is 11.5. The van der Waals surface area contributed by atoms with E-state index >= 15 is 0 Å². The van der Waals surface area contributed by atoms with E-state index in [9.17, 15) is 4.79 Å².